The van der Waals surface area contributed by atoms with Gasteiger partial charge in [-0.15, -0.1) is 11.3 Å². The molecule has 1 amide bonds. The minimum atomic E-state index is -0.112. The highest BCUT2D eigenvalue weighted by Gasteiger charge is 2.19. The lowest BCUT2D eigenvalue weighted by molar-refractivity contribution is -0.116. The van der Waals surface area contributed by atoms with E-state index in [4.69, 9.17) is 14.5 Å². The first kappa shape index (κ1) is 22.5. The Labute approximate surface area is 204 Å². The maximum absolute atomic E-state index is 13.3. The van der Waals surface area contributed by atoms with Gasteiger partial charge in [0, 0.05) is 12.2 Å². The smallest absolute Gasteiger partial charge is 0.272 e. The summed E-state index contributed by atoms with van der Waals surface area (Å²) in [6, 6.07) is 15.4. The van der Waals surface area contributed by atoms with Crippen LogP contribution in [0.3, 0.4) is 0 Å². The van der Waals surface area contributed by atoms with Gasteiger partial charge < -0.3 is 14.4 Å². The number of carbonyl (C=O) groups is 1. The first-order chi connectivity index (χ1) is 16.5. The minimum absolute atomic E-state index is 0.0348. The van der Waals surface area contributed by atoms with Crippen molar-refractivity contribution in [3.8, 4) is 11.5 Å². The van der Waals surface area contributed by atoms with Crippen molar-refractivity contribution >= 4 is 44.9 Å². The van der Waals surface area contributed by atoms with E-state index < -0.39 is 0 Å². The van der Waals surface area contributed by atoms with Crippen LogP contribution in [0.15, 0.2) is 63.9 Å². The van der Waals surface area contributed by atoms with Gasteiger partial charge in [0.15, 0.2) is 16.7 Å². The number of rotatable bonds is 7. The molecule has 0 unspecified atom stereocenters. The van der Waals surface area contributed by atoms with Crippen LogP contribution >= 0.6 is 23.1 Å². The first-order valence-electron chi connectivity index (χ1n) is 10.9. The average molecular weight is 494 g/mol. The summed E-state index contributed by atoms with van der Waals surface area (Å²) in [5.41, 5.74) is 3.40. The number of hydrogen-bond donors (Lipinski definition) is 0. The van der Waals surface area contributed by atoms with Crippen molar-refractivity contribution in [2.45, 2.75) is 25.5 Å². The van der Waals surface area contributed by atoms with E-state index in [1.807, 2.05) is 67.8 Å². The number of amides is 1. The third kappa shape index (κ3) is 4.41. The molecule has 0 spiro atoms. The van der Waals surface area contributed by atoms with Crippen molar-refractivity contribution in [1.29, 1.82) is 0 Å². The highest BCUT2D eigenvalue weighted by Crippen LogP contribution is 2.33. The second kappa shape index (κ2) is 9.52. The molecule has 7 nitrogen and oxygen atoms in total. The molecule has 0 atom stereocenters. The molecule has 0 saturated carbocycles. The number of aromatic nitrogens is 2. The molecule has 34 heavy (non-hydrogen) atoms. The number of thioether (sulfide) groups is 1. The van der Waals surface area contributed by atoms with Crippen LogP contribution in [0.1, 0.15) is 18.1 Å². The second-order valence-electron chi connectivity index (χ2n) is 7.87. The molecule has 0 radical (unpaired) electrons. The summed E-state index contributed by atoms with van der Waals surface area (Å²) in [7, 11) is 0. The van der Waals surface area contributed by atoms with Crippen LogP contribution in [-0.4, -0.2) is 34.5 Å². The molecular formula is C25H23N3O4S2. The largest absolute Gasteiger partial charge is 0.454 e. The number of anilines is 1. The normalized spacial score (nSPS) is 12.3. The van der Waals surface area contributed by atoms with Crippen LogP contribution < -0.4 is 19.9 Å². The molecule has 0 N–H and O–H groups in total. The van der Waals surface area contributed by atoms with E-state index in [0.717, 1.165) is 16.8 Å². The monoisotopic (exact) mass is 493 g/mol. The predicted molar refractivity (Wildman–Crippen MR) is 135 cm³/mol. The molecule has 2 aromatic heterocycles. The molecule has 0 saturated heterocycles. The molecule has 0 bridgehead atoms. The third-order valence-electron chi connectivity index (χ3n) is 5.56. The van der Waals surface area contributed by atoms with Crippen molar-refractivity contribution in [2.75, 3.05) is 24.0 Å². The molecule has 174 valence electrons. The lowest BCUT2D eigenvalue weighted by Gasteiger charge is -2.21. The second-order valence-corrected chi connectivity index (χ2v) is 9.73. The lowest BCUT2D eigenvalue weighted by atomic mass is 10.2. The van der Waals surface area contributed by atoms with Gasteiger partial charge in [-0.3, -0.25) is 14.2 Å². The zero-order chi connectivity index (χ0) is 23.7. The Balaban J connectivity index is 1.43. The number of ether oxygens (including phenoxy) is 2. The van der Waals surface area contributed by atoms with E-state index >= 15 is 0 Å². The zero-order valence-corrected chi connectivity index (χ0v) is 20.4. The van der Waals surface area contributed by atoms with Gasteiger partial charge in [-0.1, -0.05) is 30.0 Å². The van der Waals surface area contributed by atoms with E-state index in [1.165, 1.54) is 23.1 Å². The fourth-order valence-electron chi connectivity index (χ4n) is 3.90. The van der Waals surface area contributed by atoms with Crippen LogP contribution in [-0.2, 0) is 11.3 Å². The van der Waals surface area contributed by atoms with Gasteiger partial charge in [0.2, 0.25) is 12.7 Å². The Morgan fingerprint density at radius 3 is 2.85 bits per heavy atom. The number of nitrogens with zero attached hydrogens (tertiary/aromatic N) is 3. The topological polar surface area (TPSA) is 73.7 Å². The molecule has 5 rings (SSSR count). The number of fused-ring (bicyclic) bond motifs is 2. The molecular weight excluding hydrogens is 470 g/mol. The molecule has 4 aromatic rings. The summed E-state index contributed by atoms with van der Waals surface area (Å²) < 4.78 is 13.1. The van der Waals surface area contributed by atoms with Gasteiger partial charge in [-0.05, 0) is 60.7 Å². The SMILES string of the molecule is CCN(C(=O)CSc1nc2ccsc2c(=O)n1Cc1ccc2c(c1)OCO2)c1cccc(C)c1. The van der Waals surface area contributed by atoms with E-state index in [2.05, 4.69) is 0 Å². The maximum Gasteiger partial charge on any atom is 0.272 e. The third-order valence-corrected chi connectivity index (χ3v) is 7.42. The summed E-state index contributed by atoms with van der Waals surface area (Å²) in [6.07, 6.45) is 0. The predicted octanol–water partition coefficient (Wildman–Crippen LogP) is 4.69. The van der Waals surface area contributed by atoms with Gasteiger partial charge in [0.05, 0.1) is 17.8 Å². The van der Waals surface area contributed by atoms with Crippen LogP contribution in [0.4, 0.5) is 5.69 Å². The van der Waals surface area contributed by atoms with E-state index in [0.29, 0.717) is 40.0 Å². The highest BCUT2D eigenvalue weighted by molar-refractivity contribution is 7.99. The Bertz CT molecular complexity index is 1430. The van der Waals surface area contributed by atoms with Crippen molar-refractivity contribution < 1.29 is 14.3 Å². The molecule has 1 aliphatic heterocycles. The molecule has 3 heterocycles. The summed E-state index contributed by atoms with van der Waals surface area (Å²) >= 11 is 2.66. The Morgan fingerprint density at radius 1 is 1.18 bits per heavy atom. The van der Waals surface area contributed by atoms with E-state index in [1.54, 1.807) is 9.47 Å². The zero-order valence-electron chi connectivity index (χ0n) is 18.8. The fourth-order valence-corrected chi connectivity index (χ4v) is 5.55. The van der Waals surface area contributed by atoms with Crippen LogP contribution in [0, 0.1) is 6.92 Å². The summed E-state index contributed by atoms with van der Waals surface area (Å²) in [4.78, 5) is 32.9. The highest BCUT2D eigenvalue weighted by atomic mass is 32.2. The van der Waals surface area contributed by atoms with Gasteiger partial charge in [-0.2, -0.15) is 0 Å². The van der Waals surface area contributed by atoms with Gasteiger partial charge >= 0.3 is 0 Å². The molecule has 0 fully saturated rings. The number of thiophene rings is 1. The van der Waals surface area contributed by atoms with E-state index in [-0.39, 0.29) is 24.0 Å². The molecule has 0 aliphatic carbocycles. The molecule has 1 aliphatic rings. The standard InChI is InChI=1S/C25H23N3O4S2/c1-3-27(18-6-4-5-16(2)11-18)22(29)14-34-25-26-19-9-10-33-23(19)24(30)28(25)13-17-7-8-20-21(12-17)32-15-31-20/h4-12H,3,13-15H2,1-2H3. The fraction of sp³-hybridized carbons (Fsp3) is 0.240. The number of hydrogen-bond acceptors (Lipinski definition) is 7. The summed E-state index contributed by atoms with van der Waals surface area (Å²) in [5.74, 6) is 1.49. The quantitative estimate of drug-likeness (QED) is 0.275. The lowest BCUT2D eigenvalue weighted by Crippen LogP contribution is -2.32. The Hall–Kier alpha value is -3.30. The van der Waals surface area contributed by atoms with Crippen molar-refractivity contribution in [3.63, 3.8) is 0 Å². The Kier molecular flexibility index (Phi) is 6.30. The number of aryl methyl sites for hydroxylation is 1. The van der Waals surface area contributed by atoms with Crippen LogP contribution in [0.25, 0.3) is 10.2 Å². The average Bonchev–Trinajstić information content (AvgIpc) is 3.49. The van der Waals surface area contributed by atoms with Gasteiger partial charge in [0.1, 0.15) is 4.70 Å². The Morgan fingerprint density at radius 2 is 2.03 bits per heavy atom. The van der Waals surface area contributed by atoms with Crippen LogP contribution in [0.5, 0.6) is 11.5 Å². The molecule has 2 aromatic carbocycles. The summed E-state index contributed by atoms with van der Waals surface area (Å²) in [6.45, 7) is 5.03. The summed E-state index contributed by atoms with van der Waals surface area (Å²) in [5, 5.41) is 2.38. The van der Waals surface area contributed by atoms with Crippen LogP contribution in [0.2, 0.25) is 0 Å². The van der Waals surface area contributed by atoms with Crippen molar-refractivity contribution in [2.24, 2.45) is 0 Å². The maximum atomic E-state index is 13.3. The van der Waals surface area contributed by atoms with Gasteiger partial charge in [-0.25, -0.2) is 4.98 Å². The number of carbonyl (C=O) groups excluding carboxylic acids is 1. The van der Waals surface area contributed by atoms with E-state index in [9.17, 15) is 9.59 Å². The number of benzene rings is 2. The molecule has 9 heteroatoms. The van der Waals surface area contributed by atoms with Crippen molar-refractivity contribution in [3.05, 3.63) is 75.4 Å². The van der Waals surface area contributed by atoms with Crippen molar-refractivity contribution in [1.82, 2.24) is 9.55 Å². The van der Waals surface area contributed by atoms with Gasteiger partial charge in [0.25, 0.3) is 5.56 Å². The minimum Gasteiger partial charge on any atom is -0.454 e. The first-order valence-corrected chi connectivity index (χ1v) is 12.8.